The normalized spacial score (nSPS) is 26.7. The lowest BCUT2D eigenvalue weighted by atomic mass is 9.73. The first kappa shape index (κ1) is 15.9. The van der Waals surface area contributed by atoms with Crippen LogP contribution in [0.2, 0.25) is 0 Å². The monoisotopic (exact) mass is 317 g/mol. The summed E-state index contributed by atoms with van der Waals surface area (Å²) >= 11 is 0. The van der Waals surface area contributed by atoms with Crippen molar-refractivity contribution >= 4 is 11.8 Å². The molecule has 0 spiro atoms. The van der Waals surface area contributed by atoms with Crippen molar-refractivity contribution in [3.8, 4) is 0 Å². The van der Waals surface area contributed by atoms with E-state index in [4.69, 9.17) is 4.74 Å². The number of hydrogen-bond donors (Lipinski definition) is 1. The summed E-state index contributed by atoms with van der Waals surface area (Å²) in [5, 5.41) is 2.77. The molecule has 2 amide bonds. The van der Waals surface area contributed by atoms with E-state index in [9.17, 15) is 9.59 Å². The SMILES string of the molecule is CNC(=O)[C@]12CCOC[C@H]1CN(C(=O)CCc1ccncc1)C2. The number of rotatable bonds is 4. The second-order valence-electron chi connectivity index (χ2n) is 6.39. The lowest BCUT2D eigenvalue weighted by molar-refractivity contribution is -0.139. The number of fused-ring (bicyclic) bond motifs is 1. The number of carbonyl (C=O) groups excluding carboxylic acids is 2. The van der Waals surface area contributed by atoms with Crippen LogP contribution in [-0.2, 0) is 20.7 Å². The standard InChI is InChI=1S/C17H23N3O3/c1-18-16(22)17-6-9-23-11-14(17)10-20(12-17)15(21)3-2-13-4-7-19-8-5-13/h4-5,7-8,14H,2-3,6,9-12H2,1H3,(H,18,22)/t14-,17+/m1/s1. The Morgan fingerprint density at radius 3 is 2.96 bits per heavy atom. The maximum atomic E-state index is 12.6. The van der Waals surface area contributed by atoms with Crippen molar-refractivity contribution < 1.29 is 14.3 Å². The van der Waals surface area contributed by atoms with Crippen LogP contribution in [0.15, 0.2) is 24.5 Å². The van der Waals surface area contributed by atoms with Crippen LogP contribution >= 0.6 is 0 Å². The Labute approximate surface area is 136 Å². The molecule has 2 saturated heterocycles. The topological polar surface area (TPSA) is 71.5 Å². The van der Waals surface area contributed by atoms with Gasteiger partial charge in [0.1, 0.15) is 0 Å². The third-order valence-corrected chi connectivity index (χ3v) is 5.12. The molecule has 2 atom stereocenters. The van der Waals surface area contributed by atoms with Gasteiger partial charge in [0.25, 0.3) is 0 Å². The molecule has 0 aromatic carbocycles. The van der Waals surface area contributed by atoms with Gasteiger partial charge in [-0.2, -0.15) is 0 Å². The maximum Gasteiger partial charge on any atom is 0.228 e. The highest BCUT2D eigenvalue weighted by atomic mass is 16.5. The average Bonchev–Trinajstić information content (AvgIpc) is 3.00. The zero-order valence-corrected chi connectivity index (χ0v) is 13.5. The minimum absolute atomic E-state index is 0.0373. The number of aromatic nitrogens is 1. The van der Waals surface area contributed by atoms with Crippen molar-refractivity contribution in [2.24, 2.45) is 11.3 Å². The molecule has 124 valence electrons. The van der Waals surface area contributed by atoms with Gasteiger partial charge in [-0.1, -0.05) is 0 Å². The molecule has 1 aromatic rings. The lowest BCUT2D eigenvalue weighted by Crippen LogP contribution is -2.49. The van der Waals surface area contributed by atoms with E-state index in [2.05, 4.69) is 10.3 Å². The molecule has 0 unspecified atom stereocenters. The highest BCUT2D eigenvalue weighted by molar-refractivity contribution is 5.85. The molecule has 2 fully saturated rings. The second kappa shape index (κ2) is 6.66. The van der Waals surface area contributed by atoms with E-state index in [0.717, 1.165) is 5.56 Å². The minimum Gasteiger partial charge on any atom is -0.381 e. The Hall–Kier alpha value is -1.95. The molecule has 1 N–H and O–H groups in total. The third-order valence-electron chi connectivity index (χ3n) is 5.12. The number of carbonyl (C=O) groups is 2. The summed E-state index contributed by atoms with van der Waals surface area (Å²) in [6, 6.07) is 3.85. The van der Waals surface area contributed by atoms with Gasteiger partial charge in [0.05, 0.1) is 12.0 Å². The van der Waals surface area contributed by atoms with Gasteiger partial charge in [0.2, 0.25) is 11.8 Å². The number of pyridine rings is 1. The fraction of sp³-hybridized carbons (Fsp3) is 0.588. The van der Waals surface area contributed by atoms with Crippen LogP contribution in [0, 0.1) is 11.3 Å². The van der Waals surface area contributed by atoms with Crippen molar-refractivity contribution in [3.63, 3.8) is 0 Å². The molecular formula is C17H23N3O3. The summed E-state index contributed by atoms with van der Waals surface area (Å²) in [5.74, 6) is 0.246. The van der Waals surface area contributed by atoms with Gasteiger partial charge < -0.3 is 15.0 Å². The third kappa shape index (κ3) is 3.08. The van der Waals surface area contributed by atoms with Gasteiger partial charge in [0, 0.05) is 51.5 Å². The number of likely N-dealkylation sites (tertiary alicyclic amines) is 1. The van der Waals surface area contributed by atoms with E-state index in [0.29, 0.717) is 45.6 Å². The molecule has 6 nitrogen and oxygen atoms in total. The number of aryl methyl sites for hydroxylation is 1. The Morgan fingerprint density at radius 2 is 2.22 bits per heavy atom. The molecule has 6 heteroatoms. The minimum atomic E-state index is -0.473. The first-order valence-corrected chi connectivity index (χ1v) is 8.12. The predicted octanol–water partition coefficient (Wildman–Crippen LogP) is 0.625. The van der Waals surface area contributed by atoms with Crippen molar-refractivity contribution in [1.29, 1.82) is 0 Å². The molecule has 0 radical (unpaired) electrons. The first-order chi connectivity index (χ1) is 11.2. The second-order valence-corrected chi connectivity index (χ2v) is 6.39. The summed E-state index contributed by atoms with van der Waals surface area (Å²) in [6.45, 7) is 2.27. The van der Waals surface area contributed by atoms with E-state index in [1.165, 1.54) is 0 Å². The maximum absolute atomic E-state index is 12.6. The summed E-state index contributed by atoms with van der Waals surface area (Å²) < 4.78 is 5.54. The van der Waals surface area contributed by atoms with Crippen LogP contribution < -0.4 is 5.32 Å². The van der Waals surface area contributed by atoms with Crippen molar-refractivity contribution in [2.45, 2.75) is 19.3 Å². The fourth-order valence-electron chi connectivity index (χ4n) is 3.72. The van der Waals surface area contributed by atoms with Gasteiger partial charge in [-0.15, -0.1) is 0 Å². The molecule has 1 aromatic heterocycles. The van der Waals surface area contributed by atoms with Crippen molar-refractivity contribution in [3.05, 3.63) is 30.1 Å². The summed E-state index contributed by atoms with van der Waals surface area (Å²) in [4.78, 5) is 30.8. The van der Waals surface area contributed by atoms with Crippen molar-refractivity contribution in [2.75, 3.05) is 33.4 Å². The Kier molecular flexibility index (Phi) is 4.61. The highest BCUT2D eigenvalue weighted by Crippen LogP contribution is 2.42. The van der Waals surface area contributed by atoms with Crippen LogP contribution in [0.4, 0.5) is 0 Å². The van der Waals surface area contributed by atoms with E-state index < -0.39 is 5.41 Å². The molecule has 2 aliphatic rings. The van der Waals surface area contributed by atoms with E-state index in [1.807, 2.05) is 17.0 Å². The zero-order valence-electron chi connectivity index (χ0n) is 13.5. The van der Waals surface area contributed by atoms with Crippen LogP contribution in [-0.4, -0.2) is 55.0 Å². The number of ether oxygens (including phenoxy) is 1. The number of amides is 2. The average molecular weight is 317 g/mol. The number of hydrogen-bond acceptors (Lipinski definition) is 4. The quantitative estimate of drug-likeness (QED) is 0.884. The van der Waals surface area contributed by atoms with Crippen LogP contribution in [0.25, 0.3) is 0 Å². The number of nitrogens with one attached hydrogen (secondary N) is 1. The summed E-state index contributed by atoms with van der Waals surface area (Å²) in [5.41, 5.74) is 0.633. The van der Waals surface area contributed by atoms with Gasteiger partial charge >= 0.3 is 0 Å². The zero-order chi connectivity index (χ0) is 16.3. The highest BCUT2D eigenvalue weighted by Gasteiger charge is 2.54. The summed E-state index contributed by atoms with van der Waals surface area (Å²) in [7, 11) is 1.66. The van der Waals surface area contributed by atoms with E-state index in [1.54, 1.807) is 19.4 Å². The van der Waals surface area contributed by atoms with E-state index in [-0.39, 0.29) is 17.7 Å². The van der Waals surface area contributed by atoms with Gasteiger partial charge in [-0.25, -0.2) is 0 Å². The van der Waals surface area contributed by atoms with Crippen molar-refractivity contribution in [1.82, 2.24) is 15.2 Å². The van der Waals surface area contributed by atoms with Crippen LogP contribution in [0.1, 0.15) is 18.4 Å². The van der Waals surface area contributed by atoms with Gasteiger partial charge in [0.15, 0.2) is 0 Å². The Morgan fingerprint density at radius 1 is 1.43 bits per heavy atom. The van der Waals surface area contributed by atoms with Gasteiger partial charge in [-0.05, 0) is 30.5 Å². The molecule has 0 bridgehead atoms. The largest absolute Gasteiger partial charge is 0.381 e. The molecule has 0 aliphatic carbocycles. The lowest BCUT2D eigenvalue weighted by Gasteiger charge is -2.36. The molecule has 3 heterocycles. The predicted molar refractivity (Wildman–Crippen MR) is 84.6 cm³/mol. The molecule has 2 aliphatic heterocycles. The van der Waals surface area contributed by atoms with Crippen LogP contribution in [0.3, 0.4) is 0 Å². The Bertz CT molecular complexity index is 578. The van der Waals surface area contributed by atoms with E-state index >= 15 is 0 Å². The fourth-order valence-corrected chi connectivity index (χ4v) is 3.72. The number of nitrogens with zero attached hydrogens (tertiary/aromatic N) is 2. The molecule has 0 saturated carbocycles. The summed E-state index contributed by atoms with van der Waals surface area (Å²) in [6.07, 6.45) is 5.32. The molecule has 3 rings (SSSR count). The molecular weight excluding hydrogens is 294 g/mol. The smallest absolute Gasteiger partial charge is 0.228 e. The molecule has 23 heavy (non-hydrogen) atoms. The first-order valence-electron chi connectivity index (χ1n) is 8.12. The van der Waals surface area contributed by atoms with Gasteiger partial charge in [-0.3, -0.25) is 14.6 Å². The van der Waals surface area contributed by atoms with Crippen LogP contribution in [0.5, 0.6) is 0 Å². The Balaban J connectivity index is 1.65.